The fraction of sp³-hybridized carbons (Fsp3) is 0.600. The molecule has 0 saturated heterocycles. The van der Waals surface area contributed by atoms with E-state index in [0.29, 0.717) is 12.5 Å². The molecular formula is C20H27NO2. The lowest BCUT2D eigenvalue weighted by atomic mass is 9.82. The van der Waals surface area contributed by atoms with E-state index < -0.39 is 0 Å². The molecule has 1 atom stereocenters. The lowest BCUT2D eigenvalue weighted by Gasteiger charge is -2.32. The summed E-state index contributed by atoms with van der Waals surface area (Å²) in [6, 6.07) is 7.51. The first-order chi connectivity index (χ1) is 11.1. The molecule has 3 rings (SSSR count). The van der Waals surface area contributed by atoms with E-state index in [-0.39, 0.29) is 23.7 Å². The van der Waals surface area contributed by atoms with Gasteiger partial charge in [0, 0.05) is 18.0 Å². The zero-order chi connectivity index (χ0) is 16.4. The van der Waals surface area contributed by atoms with E-state index >= 15 is 0 Å². The van der Waals surface area contributed by atoms with Gasteiger partial charge in [-0.2, -0.15) is 0 Å². The minimum Gasteiger partial charge on any atom is -0.324 e. The van der Waals surface area contributed by atoms with Crippen molar-refractivity contribution in [1.29, 1.82) is 0 Å². The number of Topliss-reactive ketones (excluding diaryl/α,β-unsaturated/α-hetero) is 1. The molecule has 3 nitrogen and oxygen atoms in total. The molecule has 1 aromatic carbocycles. The number of fused-ring (bicyclic) bond motifs is 1. The van der Waals surface area contributed by atoms with Gasteiger partial charge in [0.1, 0.15) is 0 Å². The van der Waals surface area contributed by atoms with Gasteiger partial charge in [0.25, 0.3) is 5.91 Å². The van der Waals surface area contributed by atoms with Crippen LogP contribution in [0.3, 0.4) is 0 Å². The average molecular weight is 313 g/mol. The Hall–Kier alpha value is -1.64. The van der Waals surface area contributed by atoms with Crippen molar-refractivity contribution in [3.63, 3.8) is 0 Å². The van der Waals surface area contributed by atoms with Gasteiger partial charge < -0.3 is 4.90 Å². The van der Waals surface area contributed by atoms with Crippen LogP contribution < -0.4 is 0 Å². The molecular weight excluding hydrogens is 286 g/mol. The van der Waals surface area contributed by atoms with Crippen LogP contribution in [-0.2, 0) is 11.3 Å². The molecule has 3 heteroatoms. The number of carbonyl (C=O) groups excluding carboxylic acids is 2. The van der Waals surface area contributed by atoms with Crippen LogP contribution in [-0.4, -0.2) is 22.6 Å². The first-order valence-electron chi connectivity index (χ1n) is 9.00. The predicted octanol–water partition coefficient (Wildman–Crippen LogP) is 4.21. The number of carbonyl (C=O) groups is 2. The van der Waals surface area contributed by atoms with Gasteiger partial charge in [-0.1, -0.05) is 64.2 Å². The summed E-state index contributed by atoms with van der Waals surface area (Å²) < 4.78 is 0. The molecule has 1 aliphatic carbocycles. The maximum absolute atomic E-state index is 12.8. The molecule has 0 radical (unpaired) electrons. The topological polar surface area (TPSA) is 37.4 Å². The fourth-order valence-corrected chi connectivity index (χ4v) is 4.05. The zero-order valence-corrected chi connectivity index (χ0v) is 14.3. The van der Waals surface area contributed by atoms with Crippen molar-refractivity contribution in [3.8, 4) is 0 Å². The molecule has 0 N–H and O–H groups in total. The highest BCUT2D eigenvalue weighted by Gasteiger charge is 2.38. The maximum Gasteiger partial charge on any atom is 0.255 e. The normalized spacial score (nSPS) is 20.0. The zero-order valence-electron chi connectivity index (χ0n) is 14.3. The van der Waals surface area contributed by atoms with Gasteiger partial charge >= 0.3 is 0 Å². The Bertz CT molecular complexity index is 587. The number of benzene rings is 1. The quantitative estimate of drug-likeness (QED) is 0.816. The second-order valence-electron chi connectivity index (χ2n) is 7.40. The van der Waals surface area contributed by atoms with Gasteiger partial charge in [-0.25, -0.2) is 0 Å². The molecule has 0 aromatic heterocycles. The van der Waals surface area contributed by atoms with Crippen LogP contribution in [0.2, 0.25) is 0 Å². The summed E-state index contributed by atoms with van der Waals surface area (Å²) in [5, 5.41) is 0. The van der Waals surface area contributed by atoms with Gasteiger partial charge in [0.05, 0.1) is 6.04 Å². The smallest absolute Gasteiger partial charge is 0.255 e. The Morgan fingerprint density at radius 3 is 2.52 bits per heavy atom. The van der Waals surface area contributed by atoms with E-state index in [4.69, 9.17) is 0 Å². The Morgan fingerprint density at radius 2 is 1.87 bits per heavy atom. The van der Waals surface area contributed by atoms with Crippen molar-refractivity contribution in [3.05, 3.63) is 35.4 Å². The van der Waals surface area contributed by atoms with Crippen molar-refractivity contribution >= 4 is 11.7 Å². The van der Waals surface area contributed by atoms with Crippen LogP contribution in [0.15, 0.2) is 24.3 Å². The third kappa shape index (κ3) is 3.34. The molecule has 2 aliphatic rings. The Kier molecular flexibility index (Phi) is 4.84. The molecule has 23 heavy (non-hydrogen) atoms. The van der Waals surface area contributed by atoms with Crippen LogP contribution in [0.4, 0.5) is 0 Å². The number of hydrogen-bond acceptors (Lipinski definition) is 2. The first-order valence-corrected chi connectivity index (χ1v) is 9.00. The van der Waals surface area contributed by atoms with E-state index in [1.165, 1.54) is 32.1 Å². The van der Waals surface area contributed by atoms with Crippen LogP contribution >= 0.6 is 0 Å². The summed E-state index contributed by atoms with van der Waals surface area (Å²) in [4.78, 5) is 27.4. The van der Waals surface area contributed by atoms with Gasteiger partial charge in [0.2, 0.25) is 0 Å². The molecule has 1 fully saturated rings. The van der Waals surface area contributed by atoms with E-state index in [0.717, 1.165) is 17.5 Å². The fourth-order valence-electron chi connectivity index (χ4n) is 4.05. The number of amides is 1. The highest BCUT2D eigenvalue weighted by molar-refractivity contribution is 6.01. The summed E-state index contributed by atoms with van der Waals surface area (Å²) in [7, 11) is 0. The number of rotatable bonds is 5. The van der Waals surface area contributed by atoms with E-state index in [2.05, 4.69) is 0 Å². The summed E-state index contributed by atoms with van der Waals surface area (Å²) in [5.74, 6) is 0.820. The Morgan fingerprint density at radius 1 is 1.17 bits per heavy atom. The minimum absolute atomic E-state index is 0.0277. The minimum atomic E-state index is -0.252. The first kappa shape index (κ1) is 16.2. The van der Waals surface area contributed by atoms with Crippen molar-refractivity contribution in [2.75, 3.05) is 0 Å². The third-order valence-corrected chi connectivity index (χ3v) is 5.40. The lowest BCUT2D eigenvalue weighted by molar-refractivity contribution is -0.127. The number of nitrogens with zero attached hydrogens (tertiary/aromatic N) is 1. The van der Waals surface area contributed by atoms with Crippen molar-refractivity contribution in [2.24, 2.45) is 11.8 Å². The summed E-state index contributed by atoms with van der Waals surface area (Å²) in [6.45, 7) is 4.48. The molecule has 1 aromatic rings. The third-order valence-electron chi connectivity index (χ3n) is 5.40. The van der Waals surface area contributed by atoms with Crippen LogP contribution in [0.1, 0.15) is 68.3 Å². The van der Waals surface area contributed by atoms with Gasteiger partial charge in [-0.05, 0) is 24.0 Å². The molecule has 1 aliphatic heterocycles. The number of hydrogen-bond donors (Lipinski definition) is 0. The summed E-state index contributed by atoms with van der Waals surface area (Å²) in [6.07, 6.45) is 7.10. The molecule has 124 valence electrons. The second-order valence-corrected chi connectivity index (χ2v) is 7.40. The van der Waals surface area contributed by atoms with E-state index in [1.54, 1.807) is 0 Å². The van der Waals surface area contributed by atoms with Crippen LogP contribution in [0, 0.1) is 11.8 Å². The highest BCUT2D eigenvalue weighted by atomic mass is 16.2. The van der Waals surface area contributed by atoms with Crippen molar-refractivity contribution < 1.29 is 9.59 Å². The predicted molar refractivity (Wildman–Crippen MR) is 91.1 cm³/mol. The Balaban J connectivity index is 1.81. The van der Waals surface area contributed by atoms with E-state index in [1.807, 2.05) is 43.0 Å². The molecule has 1 heterocycles. The summed E-state index contributed by atoms with van der Waals surface area (Å²) >= 11 is 0. The molecule has 0 spiro atoms. The van der Waals surface area contributed by atoms with Gasteiger partial charge in [-0.15, -0.1) is 0 Å². The second kappa shape index (κ2) is 6.86. The SMILES string of the molecule is CC(C)C(=O)[C@H](CC1CCCCC1)N1Cc2ccccc2C1=O. The van der Waals surface area contributed by atoms with Crippen molar-refractivity contribution in [1.82, 2.24) is 4.90 Å². The van der Waals surface area contributed by atoms with Gasteiger partial charge in [0.15, 0.2) is 5.78 Å². The molecule has 0 bridgehead atoms. The lowest BCUT2D eigenvalue weighted by Crippen LogP contribution is -2.44. The molecule has 0 unspecified atom stereocenters. The molecule has 1 saturated carbocycles. The average Bonchev–Trinajstić information content (AvgIpc) is 2.90. The van der Waals surface area contributed by atoms with Crippen molar-refractivity contribution in [2.45, 2.75) is 65.0 Å². The number of ketones is 1. The highest BCUT2D eigenvalue weighted by Crippen LogP contribution is 2.33. The summed E-state index contributed by atoms with van der Waals surface area (Å²) in [5.41, 5.74) is 1.83. The van der Waals surface area contributed by atoms with Crippen LogP contribution in [0.25, 0.3) is 0 Å². The van der Waals surface area contributed by atoms with E-state index in [9.17, 15) is 9.59 Å². The molecule has 1 amide bonds. The van der Waals surface area contributed by atoms with Gasteiger partial charge in [-0.3, -0.25) is 9.59 Å². The maximum atomic E-state index is 12.8. The van der Waals surface area contributed by atoms with Crippen LogP contribution in [0.5, 0.6) is 0 Å². The monoisotopic (exact) mass is 313 g/mol. The largest absolute Gasteiger partial charge is 0.324 e. The Labute approximate surface area is 139 Å². The standard InChI is InChI=1S/C20H27NO2/c1-14(2)19(22)18(12-15-8-4-3-5-9-15)21-13-16-10-6-7-11-17(16)20(21)23/h6-7,10-11,14-15,18H,3-5,8-9,12-13H2,1-2H3/t18-/m0/s1.